The van der Waals surface area contributed by atoms with Gasteiger partial charge in [0.15, 0.2) is 0 Å². The number of amides is 1. The minimum absolute atomic E-state index is 0.0198. The van der Waals surface area contributed by atoms with Gasteiger partial charge in [-0.25, -0.2) is 4.79 Å². The van der Waals surface area contributed by atoms with Crippen molar-refractivity contribution in [1.29, 1.82) is 0 Å². The molecule has 1 aliphatic heterocycles. The Bertz CT molecular complexity index is 527. The molecule has 0 saturated carbocycles. The van der Waals surface area contributed by atoms with E-state index in [9.17, 15) is 9.59 Å². The summed E-state index contributed by atoms with van der Waals surface area (Å²) in [5.74, 6) is -1.15. The van der Waals surface area contributed by atoms with Gasteiger partial charge < -0.3 is 15.2 Å². The average Bonchev–Trinajstić information content (AvgIpc) is 2.89. The van der Waals surface area contributed by atoms with Gasteiger partial charge in [-0.2, -0.15) is 0 Å². The lowest BCUT2D eigenvalue weighted by Crippen LogP contribution is -2.29. The van der Waals surface area contributed by atoms with Gasteiger partial charge in [0.1, 0.15) is 0 Å². The van der Waals surface area contributed by atoms with E-state index in [1.54, 1.807) is 19.1 Å². The molecule has 2 N–H and O–H groups in total. The summed E-state index contributed by atoms with van der Waals surface area (Å²) in [5, 5.41) is 11.8. The second-order valence-corrected chi connectivity index (χ2v) is 5.04. The highest BCUT2D eigenvalue weighted by Crippen LogP contribution is 2.26. The molecular formula is C15H19NO4. The Morgan fingerprint density at radius 2 is 2.20 bits per heavy atom. The lowest BCUT2D eigenvalue weighted by Gasteiger charge is -2.17. The van der Waals surface area contributed by atoms with E-state index in [0.29, 0.717) is 12.3 Å². The molecule has 0 spiro atoms. The van der Waals surface area contributed by atoms with Gasteiger partial charge in [-0.05, 0) is 43.5 Å². The van der Waals surface area contributed by atoms with E-state index >= 15 is 0 Å². The summed E-state index contributed by atoms with van der Waals surface area (Å²) in [6, 6.07) is 4.68. The molecule has 1 fully saturated rings. The molecule has 1 aromatic carbocycles. The maximum absolute atomic E-state index is 12.2. The number of ether oxygens (including phenoxy) is 1. The first-order chi connectivity index (χ1) is 9.52. The summed E-state index contributed by atoms with van der Waals surface area (Å²) in [4.78, 5) is 23.1. The highest BCUT2D eigenvalue weighted by atomic mass is 16.5. The van der Waals surface area contributed by atoms with Crippen LogP contribution in [0.3, 0.4) is 0 Å². The molecule has 108 valence electrons. The Morgan fingerprint density at radius 3 is 2.80 bits per heavy atom. The lowest BCUT2D eigenvalue weighted by atomic mass is 9.98. The van der Waals surface area contributed by atoms with Gasteiger partial charge in [-0.15, -0.1) is 0 Å². The van der Waals surface area contributed by atoms with Crippen LogP contribution in [-0.2, 0) is 9.53 Å². The van der Waals surface area contributed by atoms with Crippen LogP contribution in [0.2, 0.25) is 0 Å². The summed E-state index contributed by atoms with van der Waals surface area (Å²) < 4.78 is 5.52. The van der Waals surface area contributed by atoms with Crippen LogP contribution in [0.5, 0.6) is 0 Å². The first kappa shape index (κ1) is 14.5. The van der Waals surface area contributed by atoms with Gasteiger partial charge >= 0.3 is 5.97 Å². The largest absolute Gasteiger partial charge is 0.478 e. The van der Waals surface area contributed by atoms with Crippen LogP contribution in [0, 0.1) is 12.8 Å². The monoisotopic (exact) mass is 277 g/mol. The molecule has 1 heterocycles. The van der Waals surface area contributed by atoms with E-state index in [-0.39, 0.29) is 23.5 Å². The molecule has 2 atom stereocenters. The van der Waals surface area contributed by atoms with Gasteiger partial charge in [-0.1, -0.05) is 6.92 Å². The average molecular weight is 277 g/mol. The number of anilines is 1. The number of aromatic carboxylic acids is 1. The van der Waals surface area contributed by atoms with Crippen molar-refractivity contribution in [2.45, 2.75) is 32.8 Å². The zero-order chi connectivity index (χ0) is 14.7. The fraction of sp³-hybridized carbons (Fsp3) is 0.467. The van der Waals surface area contributed by atoms with E-state index in [0.717, 1.165) is 18.4 Å². The van der Waals surface area contributed by atoms with Crippen molar-refractivity contribution < 1.29 is 19.4 Å². The van der Waals surface area contributed by atoms with Crippen LogP contribution in [0.1, 0.15) is 35.7 Å². The van der Waals surface area contributed by atoms with E-state index < -0.39 is 5.97 Å². The molecule has 5 nitrogen and oxygen atoms in total. The third-order valence-corrected chi connectivity index (χ3v) is 3.68. The summed E-state index contributed by atoms with van der Waals surface area (Å²) >= 11 is 0. The summed E-state index contributed by atoms with van der Waals surface area (Å²) in [5.41, 5.74) is 1.61. The molecule has 0 aliphatic carbocycles. The standard InChI is InChI=1S/C15H19NO4/c1-3-13-11(6-7-20-13)14(17)16-12-5-4-10(15(18)19)8-9(12)2/h4-5,8,11,13H,3,6-7H2,1-2H3,(H,16,17)(H,18,19). The number of rotatable bonds is 4. The highest BCUT2D eigenvalue weighted by Gasteiger charge is 2.32. The number of benzene rings is 1. The molecule has 0 aromatic heterocycles. The van der Waals surface area contributed by atoms with Gasteiger partial charge in [0.05, 0.1) is 17.6 Å². The smallest absolute Gasteiger partial charge is 0.335 e. The Balaban J connectivity index is 2.10. The van der Waals surface area contributed by atoms with Crippen molar-refractivity contribution in [2.75, 3.05) is 11.9 Å². The SMILES string of the molecule is CCC1OCCC1C(=O)Nc1ccc(C(=O)O)cc1C. The number of hydrogen-bond donors (Lipinski definition) is 2. The first-order valence-electron chi connectivity index (χ1n) is 6.79. The third kappa shape index (κ3) is 2.99. The number of aryl methyl sites for hydroxylation is 1. The lowest BCUT2D eigenvalue weighted by molar-refractivity contribution is -0.121. The number of carbonyl (C=O) groups excluding carboxylic acids is 1. The number of carbonyl (C=O) groups is 2. The Hall–Kier alpha value is -1.88. The fourth-order valence-electron chi connectivity index (χ4n) is 2.51. The molecule has 1 aliphatic rings. The summed E-state index contributed by atoms with van der Waals surface area (Å²) in [6.07, 6.45) is 1.53. The highest BCUT2D eigenvalue weighted by molar-refractivity contribution is 5.95. The van der Waals surface area contributed by atoms with E-state index in [1.807, 2.05) is 6.92 Å². The Labute approximate surface area is 117 Å². The zero-order valence-corrected chi connectivity index (χ0v) is 11.7. The molecule has 0 bridgehead atoms. The topological polar surface area (TPSA) is 75.6 Å². The zero-order valence-electron chi connectivity index (χ0n) is 11.7. The second kappa shape index (κ2) is 6.05. The van der Waals surface area contributed by atoms with Crippen molar-refractivity contribution in [2.24, 2.45) is 5.92 Å². The van der Waals surface area contributed by atoms with Crippen LogP contribution < -0.4 is 5.32 Å². The normalized spacial score (nSPS) is 21.7. The Kier molecular flexibility index (Phi) is 4.39. The quantitative estimate of drug-likeness (QED) is 0.886. The van der Waals surface area contributed by atoms with Crippen molar-refractivity contribution in [1.82, 2.24) is 0 Å². The summed E-state index contributed by atoms with van der Waals surface area (Å²) in [6.45, 7) is 4.40. The van der Waals surface area contributed by atoms with Gasteiger partial charge in [-0.3, -0.25) is 4.79 Å². The van der Waals surface area contributed by atoms with Gasteiger partial charge in [0, 0.05) is 12.3 Å². The molecule has 0 radical (unpaired) electrons. The maximum Gasteiger partial charge on any atom is 0.335 e. The molecule has 5 heteroatoms. The molecular weight excluding hydrogens is 258 g/mol. The van der Waals surface area contributed by atoms with Crippen LogP contribution in [-0.4, -0.2) is 29.7 Å². The predicted molar refractivity (Wildman–Crippen MR) is 74.9 cm³/mol. The number of nitrogens with one attached hydrogen (secondary N) is 1. The predicted octanol–water partition coefficient (Wildman–Crippen LogP) is 2.45. The van der Waals surface area contributed by atoms with Crippen molar-refractivity contribution in [3.63, 3.8) is 0 Å². The maximum atomic E-state index is 12.2. The van der Waals surface area contributed by atoms with Crippen molar-refractivity contribution in [3.05, 3.63) is 29.3 Å². The summed E-state index contributed by atoms with van der Waals surface area (Å²) in [7, 11) is 0. The molecule has 1 saturated heterocycles. The van der Waals surface area contributed by atoms with Crippen LogP contribution in [0.15, 0.2) is 18.2 Å². The molecule has 1 amide bonds. The molecule has 20 heavy (non-hydrogen) atoms. The van der Waals surface area contributed by atoms with Crippen LogP contribution >= 0.6 is 0 Å². The van der Waals surface area contributed by atoms with E-state index in [2.05, 4.69) is 5.32 Å². The fourth-order valence-corrected chi connectivity index (χ4v) is 2.51. The van der Waals surface area contributed by atoms with Gasteiger partial charge in [0.25, 0.3) is 0 Å². The van der Waals surface area contributed by atoms with Crippen LogP contribution in [0.4, 0.5) is 5.69 Å². The second-order valence-electron chi connectivity index (χ2n) is 5.04. The third-order valence-electron chi connectivity index (χ3n) is 3.68. The molecule has 2 unspecified atom stereocenters. The van der Waals surface area contributed by atoms with Gasteiger partial charge in [0.2, 0.25) is 5.91 Å². The number of carboxylic acid groups (broad SMARTS) is 1. The molecule has 2 rings (SSSR count). The van der Waals surface area contributed by atoms with E-state index in [1.165, 1.54) is 6.07 Å². The van der Waals surface area contributed by atoms with Crippen molar-refractivity contribution in [3.8, 4) is 0 Å². The van der Waals surface area contributed by atoms with Crippen LogP contribution in [0.25, 0.3) is 0 Å². The first-order valence-corrected chi connectivity index (χ1v) is 6.79. The van der Waals surface area contributed by atoms with E-state index in [4.69, 9.17) is 9.84 Å². The number of hydrogen-bond acceptors (Lipinski definition) is 3. The number of carboxylic acids is 1. The minimum atomic E-state index is -0.971. The molecule has 1 aromatic rings. The Morgan fingerprint density at radius 1 is 1.45 bits per heavy atom. The minimum Gasteiger partial charge on any atom is -0.478 e. The van der Waals surface area contributed by atoms with Crippen molar-refractivity contribution >= 4 is 17.6 Å².